The summed E-state index contributed by atoms with van der Waals surface area (Å²) in [6.45, 7) is 1.80. The summed E-state index contributed by atoms with van der Waals surface area (Å²) in [5, 5.41) is 1.11. The first kappa shape index (κ1) is 15.1. The largest absolute Gasteiger partial charge is 0.381 e. The first-order chi connectivity index (χ1) is 8.43. The van der Waals surface area contributed by atoms with E-state index in [0.717, 1.165) is 30.0 Å². The number of ether oxygens (including phenoxy) is 1. The van der Waals surface area contributed by atoms with E-state index in [-0.39, 0.29) is 0 Å². The van der Waals surface area contributed by atoms with Crippen molar-refractivity contribution in [3.05, 3.63) is 35.9 Å². The Balaban J connectivity index is 1.85. The van der Waals surface area contributed by atoms with Crippen molar-refractivity contribution in [3.63, 3.8) is 0 Å². The lowest BCUT2D eigenvalue weighted by Gasteiger charge is -2.04. The van der Waals surface area contributed by atoms with Crippen LogP contribution < -0.4 is 0 Å². The van der Waals surface area contributed by atoms with Crippen LogP contribution in [0.4, 0.5) is 0 Å². The zero-order valence-electron chi connectivity index (χ0n) is 10.2. The highest BCUT2D eigenvalue weighted by Gasteiger charge is 1.93. The maximum Gasteiger partial charge on any atom is 0.0556 e. The van der Waals surface area contributed by atoms with Crippen LogP contribution in [0.25, 0.3) is 0 Å². The molecule has 0 aliphatic carbocycles. The first-order valence-corrected chi connectivity index (χ1v) is 8.46. The molecule has 0 amide bonds. The van der Waals surface area contributed by atoms with Gasteiger partial charge in [-0.05, 0) is 18.4 Å². The van der Waals surface area contributed by atoms with Gasteiger partial charge in [-0.25, -0.2) is 0 Å². The zero-order chi connectivity index (χ0) is 12.2. The number of halogens is 1. The van der Waals surface area contributed by atoms with E-state index in [4.69, 9.17) is 4.74 Å². The molecule has 0 fully saturated rings. The van der Waals surface area contributed by atoms with E-state index in [2.05, 4.69) is 46.3 Å². The van der Waals surface area contributed by atoms with Crippen LogP contribution in [0.1, 0.15) is 24.8 Å². The maximum atomic E-state index is 5.58. The normalized spacial score (nSPS) is 10.6. The fourth-order valence-corrected chi connectivity index (χ4v) is 2.66. The van der Waals surface area contributed by atoms with Crippen LogP contribution >= 0.6 is 27.7 Å². The molecule has 0 N–H and O–H groups in total. The molecule has 0 aliphatic rings. The fourth-order valence-electron chi connectivity index (χ4n) is 1.46. The van der Waals surface area contributed by atoms with Crippen molar-refractivity contribution in [2.45, 2.75) is 25.0 Å². The van der Waals surface area contributed by atoms with Gasteiger partial charge in [0.25, 0.3) is 0 Å². The van der Waals surface area contributed by atoms with E-state index in [1.807, 2.05) is 11.8 Å². The zero-order valence-corrected chi connectivity index (χ0v) is 12.6. The first-order valence-electron chi connectivity index (χ1n) is 6.19. The van der Waals surface area contributed by atoms with E-state index in [1.165, 1.54) is 24.8 Å². The lowest BCUT2D eigenvalue weighted by molar-refractivity contribution is 0.146. The number of benzene rings is 1. The Bertz CT molecular complexity index is 266. The predicted octanol–water partition coefficient (Wildman–Crippen LogP) is 4.50. The molecule has 1 aromatic rings. The summed E-state index contributed by atoms with van der Waals surface area (Å²) in [4.78, 5) is 0. The van der Waals surface area contributed by atoms with Crippen LogP contribution in [-0.4, -0.2) is 24.3 Å². The van der Waals surface area contributed by atoms with Crippen molar-refractivity contribution in [2.24, 2.45) is 0 Å². The van der Waals surface area contributed by atoms with Gasteiger partial charge in [0.15, 0.2) is 0 Å². The molecular formula is C14H21BrOS. The van der Waals surface area contributed by atoms with E-state index in [0.29, 0.717) is 0 Å². The van der Waals surface area contributed by atoms with Gasteiger partial charge in [-0.3, -0.25) is 0 Å². The van der Waals surface area contributed by atoms with Crippen LogP contribution in [0.3, 0.4) is 0 Å². The van der Waals surface area contributed by atoms with Crippen LogP contribution in [0.2, 0.25) is 0 Å². The van der Waals surface area contributed by atoms with Crippen LogP contribution in [0.15, 0.2) is 30.3 Å². The number of hydrogen-bond acceptors (Lipinski definition) is 2. The summed E-state index contributed by atoms with van der Waals surface area (Å²) in [5.41, 5.74) is 1.40. The molecule has 0 heterocycles. The monoisotopic (exact) mass is 316 g/mol. The summed E-state index contributed by atoms with van der Waals surface area (Å²) in [7, 11) is 0. The molecule has 0 atom stereocenters. The summed E-state index contributed by atoms with van der Waals surface area (Å²) in [6.07, 6.45) is 3.71. The average Bonchev–Trinajstić information content (AvgIpc) is 2.38. The summed E-state index contributed by atoms with van der Waals surface area (Å²) >= 11 is 5.37. The van der Waals surface area contributed by atoms with Crippen molar-refractivity contribution >= 4 is 27.7 Å². The minimum atomic E-state index is 0.881. The van der Waals surface area contributed by atoms with Gasteiger partial charge in [-0.2, -0.15) is 11.8 Å². The van der Waals surface area contributed by atoms with E-state index >= 15 is 0 Å². The van der Waals surface area contributed by atoms with Gasteiger partial charge in [-0.1, -0.05) is 52.7 Å². The van der Waals surface area contributed by atoms with Crippen molar-refractivity contribution in [3.8, 4) is 0 Å². The van der Waals surface area contributed by atoms with Crippen molar-refractivity contribution < 1.29 is 4.74 Å². The van der Waals surface area contributed by atoms with Crippen LogP contribution in [-0.2, 0) is 10.5 Å². The molecule has 0 saturated carbocycles. The topological polar surface area (TPSA) is 9.23 Å². The third-order valence-electron chi connectivity index (χ3n) is 2.41. The molecule has 0 aliphatic heterocycles. The Labute approximate surface area is 117 Å². The van der Waals surface area contributed by atoms with Crippen molar-refractivity contribution in [1.82, 2.24) is 0 Å². The van der Waals surface area contributed by atoms with Gasteiger partial charge in [-0.15, -0.1) is 0 Å². The Morgan fingerprint density at radius 3 is 2.59 bits per heavy atom. The van der Waals surface area contributed by atoms with Gasteiger partial charge in [0.05, 0.1) is 6.61 Å². The van der Waals surface area contributed by atoms with Crippen LogP contribution in [0.5, 0.6) is 0 Å². The lowest BCUT2D eigenvalue weighted by atomic mass is 10.2. The molecule has 17 heavy (non-hydrogen) atoms. The SMILES string of the molecule is BrCCCCCOCCSCc1ccccc1. The molecule has 0 aromatic heterocycles. The summed E-state index contributed by atoms with van der Waals surface area (Å²) in [5.74, 6) is 2.18. The molecule has 0 spiro atoms. The fraction of sp³-hybridized carbons (Fsp3) is 0.571. The van der Waals surface area contributed by atoms with E-state index in [9.17, 15) is 0 Å². The Morgan fingerprint density at radius 1 is 1.00 bits per heavy atom. The second kappa shape index (κ2) is 11.1. The van der Waals surface area contributed by atoms with Gasteiger partial charge in [0.1, 0.15) is 0 Å². The van der Waals surface area contributed by atoms with Crippen LogP contribution in [0, 0.1) is 0 Å². The maximum absolute atomic E-state index is 5.58. The van der Waals surface area contributed by atoms with Gasteiger partial charge in [0.2, 0.25) is 0 Å². The van der Waals surface area contributed by atoms with Crippen molar-refractivity contribution in [2.75, 3.05) is 24.3 Å². The second-order valence-corrected chi connectivity index (χ2v) is 5.80. The van der Waals surface area contributed by atoms with Crippen molar-refractivity contribution in [1.29, 1.82) is 0 Å². The van der Waals surface area contributed by atoms with Gasteiger partial charge in [0, 0.05) is 23.4 Å². The molecule has 0 bridgehead atoms. The lowest BCUT2D eigenvalue weighted by Crippen LogP contribution is -1.99. The molecule has 96 valence electrons. The summed E-state index contributed by atoms with van der Waals surface area (Å²) in [6, 6.07) is 10.6. The molecule has 1 rings (SSSR count). The number of unbranched alkanes of at least 4 members (excludes halogenated alkanes) is 2. The third kappa shape index (κ3) is 8.70. The molecule has 0 radical (unpaired) electrons. The summed E-state index contributed by atoms with van der Waals surface area (Å²) < 4.78 is 5.58. The standard InChI is InChI=1S/C14H21BrOS/c15-9-5-2-6-10-16-11-12-17-13-14-7-3-1-4-8-14/h1,3-4,7-8H,2,5-6,9-13H2. The van der Waals surface area contributed by atoms with E-state index < -0.39 is 0 Å². The number of rotatable bonds is 10. The Hall–Kier alpha value is 0.0100. The molecule has 3 heteroatoms. The second-order valence-electron chi connectivity index (χ2n) is 3.90. The Kier molecular flexibility index (Phi) is 9.86. The highest BCUT2D eigenvalue weighted by molar-refractivity contribution is 9.09. The molecule has 1 nitrogen and oxygen atoms in total. The average molecular weight is 317 g/mol. The minimum Gasteiger partial charge on any atom is -0.381 e. The quantitative estimate of drug-likeness (QED) is 0.464. The smallest absolute Gasteiger partial charge is 0.0556 e. The van der Waals surface area contributed by atoms with Gasteiger partial charge >= 0.3 is 0 Å². The predicted molar refractivity (Wildman–Crippen MR) is 81.1 cm³/mol. The third-order valence-corrected chi connectivity index (χ3v) is 3.96. The molecule has 1 aromatic carbocycles. The molecule has 0 saturated heterocycles. The highest BCUT2D eigenvalue weighted by Crippen LogP contribution is 2.11. The van der Waals surface area contributed by atoms with Gasteiger partial charge < -0.3 is 4.74 Å². The number of hydrogen-bond donors (Lipinski definition) is 0. The van der Waals surface area contributed by atoms with E-state index in [1.54, 1.807) is 0 Å². The number of alkyl halides is 1. The Morgan fingerprint density at radius 2 is 1.82 bits per heavy atom. The molecular weight excluding hydrogens is 296 g/mol. The minimum absolute atomic E-state index is 0.881. The highest BCUT2D eigenvalue weighted by atomic mass is 79.9. The molecule has 0 unspecified atom stereocenters. The number of thioether (sulfide) groups is 1.